The number of carbonyl (C=O) groups excluding carboxylic acids is 1. The number of hydrogen-bond acceptors (Lipinski definition) is 3. The maximum Gasteiger partial charge on any atom is 0.223 e. The zero-order valence-electron chi connectivity index (χ0n) is 10.8. The molecule has 2 aliphatic rings. The molecule has 1 aliphatic carbocycles. The zero-order chi connectivity index (χ0) is 12.5. The van der Waals surface area contributed by atoms with Crippen LogP contribution in [-0.4, -0.2) is 29.9 Å². The lowest BCUT2D eigenvalue weighted by atomic mass is 10.1. The van der Waals surface area contributed by atoms with Crippen LogP contribution in [0.1, 0.15) is 30.2 Å². The fourth-order valence-corrected chi connectivity index (χ4v) is 3.40. The van der Waals surface area contributed by atoms with Gasteiger partial charge in [0, 0.05) is 36.5 Å². The van der Waals surface area contributed by atoms with Crippen molar-refractivity contribution in [2.24, 2.45) is 5.92 Å². The minimum absolute atomic E-state index is 0.259. The number of hydrogen-bond donors (Lipinski definition) is 1. The lowest BCUT2D eigenvalue weighted by Crippen LogP contribution is -2.44. The van der Waals surface area contributed by atoms with Gasteiger partial charge in [0.25, 0.3) is 0 Å². The minimum Gasteiger partial charge on any atom is -0.354 e. The predicted octanol–water partition coefficient (Wildman–Crippen LogP) is 2.02. The van der Waals surface area contributed by atoms with Crippen molar-refractivity contribution < 1.29 is 4.79 Å². The molecule has 0 aromatic carbocycles. The first-order chi connectivity index (χ1) is 8.74. The van der Waals surface area contributed by atoms with Gasteiger partial charge in [-0.15, -0.1) is 11.3 Å². The first-order valence-corrected chi connectivity index (χ1v) is 7.69. The number of rotatable bonds is 4. The van der Waals surface area contributed by atoms with Gasteiger partial charge in [0.05, 0.1) is 0 Å². The normalized spacial score (nSPS) is 21.4. The topological polar surface area (TPSA) is 32.3 Å². The Labute approximate surface area is 112 Å². The highest BCUT2D eigenvalue weighted by Crippen LogP contribution is 2.29. The van der Waals surface area contributed by atoms with Gasteiger partial charge in [-0.1, -0.05) is 0 Å². The largest absolute Gasteiger partial charge is 0.354 e. The molecule has 3 rings (SSSR count). The lowest BCUT2D eigenvalue weighted by Gasteiger charge is -2.32. The van der Waals surface area contributed by atoms with E-state index in [1.54, 1.807) is 4.88 Å². The van der Waals surface area contributed by atoms with E-state index >= 15 is 0 Å². The van der Waals surface area contributed by atoms with Gasteiger partial charge in [0.1, 0.15) is 0 Å². The average molecular weight is 264 g/mol. The van der Waals surface area contributed by atoms with Crippen LogP contribution in [0, 0.1) is 5.92 Å². The Morgan fingerprint density at radius 3 is 3.22 bits per heavy atom. The van der Waals surface area contributed by atoms with Crippen LogP contribution in [0.25, 0.3) is 0 Å². The van der Waals surface area contributed by atoms with Crippen molar-refractivity contribution in [1.82, 2.24) is 10.2 Å². The number of amides is 1. The molecule has 3 nitrogen and oxygen atoms in total. The van der Waals surface area contributed by atoms with E-state index in [2.05, 4.69) is 28.6 Å². The summed E-state index contributed by atoms with van der Waals surface area (Å²) in [7, 11) is 0. The van der Waals surface area contributed by atoms with Crippen molar-refractivity contribution in [3.8, 4) is 0 Å². The third-order valence-electron chi connectivity index (χ3n) is 3.98. The first-order valence-electron chi connectivity index (χ1n) is 6.81. The van der Waals surface area contributed by atoms with E-state index in [1.807, 2.05) is 11.3 Å². The van der Waals surface area contributed by atoms with E-state index in [4.69, 9.17) is 0 Å². The molecule has 1 amide bonds. The van der Waals surface area contributed by atoms with Crippen LogP contribution in [0.4, 0.5) is 0 Å². The molecule has 1 atom stereocenters. The van der Waals surface area contributed by atoms with Crippen molar-refractivity contribution in [1.29, 1.82) is 0 Å². The van der Waals surface area contributed by atoms with Crippen LogP contribution in [0.2, 0.25) is 0 Å². The molecular formula is C14H20N2OS. The standard InChI is InChI=1S/C14H20N2OS/c1-10(8-15-14(17)11-2-3-11)16-6-4-13-12(9-16)5-7-18-13/h5,7,10-11H,2-4,6,8-9H2,1H3,(H,15,17). The molecule has 1 aromatic rings. The molecule has 0 radical (unpaired) electrons. The summed E-state index contributed by atoms with van der Waals surface area (Å²) >= 11 is 1.87. The molecule has 4 heteroatoms. The Kier molecular flexibility index (Phi) is 3.39. The second-order valence-electron chi connectivity index (χ2n) is 5.46. The maximum absolute atomic E-state index is 11.6. The zero-order valence-corrected chi connectivity index (χ0v) is 11.6. The Morgan fingerprint density at radius 1 is 1.61 bits per heavy atom. The van der Waals surface area contributed by atoms with Crippen LogP contribution in [0.3, 0.4) is 0 Å². The summed E-state index contributed by atoms with van der Waals surface area (Å²) in [6.45, 7) is 5.16. The predicted molar refractivity (Wildman–Crippen MR) is 73.6 cm³/mol. The SMILES string of the molecule is CC(CNC(=O)C1CC1)N1CCc2sccc2C1. The molecule has 1 saturated carbocycles. The van der Waals surface area contributed by atoms with Gasteiger partial charge in [-0.2, -0.15) is 0 Å². The summed E-state index contributed by atoms with van der Waals surface area (Å²) in [5, 5.41) is 5.27. The molecule has 18 heavy (non-hydrogen) atoms. The van der Waals surface area contributed by atoms with E-state index in [9.17, 15) is 4.79 Å². The molecule has 1 unspecified atom stereocenters. The van der Waals surface area contributed by atoms with Crippen molar-refractivity contribution in [3.63, 3.8) is 0 Å². The van der Waals surface area contributed by atoms with Crippen LogP contribution in [-0.2, 0) is 17.8 Å². The molecule has 0 saturated heterocycles. The summed E-state index contributed by atoms with van der Waals surface area (Å²) in [6, 6.07) is 2.67. The minimum atomic E-state index is 0.259. The number of thiophene rings is 1. The van der Waals surface area contributed by atoms with Crippen LogP contribution in [0.15, 0.2) is 11.4 Å². The van der Waals surface area contributed by atoms with E-state index < -0.39 is 0 Å². The van der Waals surface area contributed by atoms with Crippen LogP contribution in [0.5, 0.6) is 0 Å². The molecule has 98 valence electrons. The molecule has 1 aliphatic heterocycles. The van der Waals surface area contributed by atoms with Gasteiger partial charge in [-0.05, 0) is 43.2 Å². The Bertz CT molecular complexity index is 439. The van der Waals surface area contributed by atoms with Gasteiger partial charge < -0.3 is 5.32 Å². The summed E-state index contributed by atoms with van der Waals surface area (Å²) in [4.78, 5) is 15.6. The van der Waals surface area contributed by atoms with E-state index in [-0.39, 0.29) is 5.91 Å². The van der Waals surface area contributed by atoms with Crippen molar-refractivity contribution >= 4 is 17.2 Å². The van der Waals surface area contributed by atoms with E-state index in [1.165, 1.54) is 5.56 Å². The highest BCUT2D eigenvalue weighted by molar-refractivity contribution is 7.10. The van der Waals surface area contributed by atoms with Crippen LogP contribution < -0.4 is 5.32 Å². The molecule has 1 aromatic heterocycles. The Balaban J connectivity index is 1.50. The fraction of sp³-hybridized carbons (Fsp3) is 0.643. The molecule has 2 heterocycles. The molecular weight excluding hydrogens is 244 g/mol. The lowest BCUT2D eigenvalue weighted by molar-refractivity contribution is -0.122. The third-order valence-corrected chi connectivity index (χ3v) is 5.00. The number of nitrogens with zero attached hydrogens (tertiary/aromatic N) is 1. The van der Waals surface area contributed by atoms with Gasteiger partial charge in [-0.3, -0.25) is 9.69 Å². The fourth-order valence-electron chi connectivity index (χ4n) is 2.51. The molecule has 0 spiro atoms. The average Bonchev–Trinajstić information content (AvgIpc) is 3.13. The highest BCUT2D eigenvalue weighted by atomic mass is 32.1. The third kappa shape index (κ3) is 2.59. The van der Waals surface area contributed by atoms with Gasteiger partial charge >= 0.3 is 0 Å². The number of nitrogens with one attached hydrogen (secondary N) is 1. The summed E-state index contributed by atoms with van der Waals surface area (Å²) in [5.74, 6) is 0.581. The second kappa shape index (κ2) is 5.02. The number of carbonyl (C=O) groups is 1. The van der Waals surface area contributed by atoms with Gasteiger partial charge in [-0.25, -0.2) is 0 Å². The maximum atomic E-state index is 11.6. The van der Waals surface area contributed by atoms with Gasteiger partial charge in [0.15, 0.2) is 0 Å². The van der Waals surface area contributed by atoms with E-state index in [0.717, 1.165) is 38.9 Å². The van der Waals surface area contributed by atoms with Crippen molar-refractivity contribution in [3.05, 3.63) is 21.9 Å². The molecule has 1 N–H and O–H groups in total. The Morgan fingerprint density at radius 2 is 2.44 bits per heavy atom. The summed E-state index contributed by atoms with van der Waals surface area (Å²) in [6.07, 6.45) is 3.33. The van der Waals surface area contributed by atoms with Crippen molar-refractivity contribution in [2.75, 3.05) is 13.1 Å². The van der Waals surface area contributed by atoms with E-state index in [0.29, 0.717) is 12.0 Å². The monoisotopic (exact) mass is 264 g/mol. The first kappa shape index (κ1) is 12.2. The van der Waals surface area contributed by atoms with Crippen LogP contribution >= 0.6 is 11.3 Å². The summed E-state index contributed by atoms with van der Waals surface area (Å²) in [5.41, 5.74) is 1.48. The summed E-state index contributed by atoms with van der Waals surface area (Å²) < 4.78 is 0. The highest BCUT2D eigenvalue weighted by Gasteiger charge is 2.30. The van der Waals surface area contributed by atoms with Gasteiger partial charge in [0.2, 0.25) is 5.91 Å². The second-order valence-corrected chi connectivity index (χ2v) is 6.46. The smallest absolute Gasteiger partial charge is 0.223 e. The van der Waals surface area contributed by atoms with Crippen molar-refractivity contribution in [2.45, 2.75) is 38.8 Å². The molecule has 0 bridgehead atoms. The molecule has 1 fully saturated rings. The quantitative estimate of drug-likeness (QED) is 0.902. The number of fused-ring (bicyclic) bond motifs is 1. The Hall–Kier alpha value is -0.870.